The van der Waals surface area contributed by atoms with Gasteiger partial charge in [-0.15, -0.1) is 0 Å². The van der Waals surface area contributed by atoms with E-state index in [1.54, 1.807) is 0 Å². The number of carbonyl (C=O) groups excluding carboxylic acids is 1. The Morgan fingerprint density at radius 1 is 1.14 bits per heavy atom. The van der Waals surface area contributed by atoms with Gasteiger partial charge in [-0.1, -0.05) is 18.6 Å². The molecule has 2 atom stereocenters. The molecule has 1 heterocycles. The van der Waals surface area contributed by atoms with Gasteiger partial charge in [0.25, 0.3) is 0 Å². The van der Waals surface area contributed by atoms with Crippen LogP contribution in [0.2, 0.25) is 0 Å². The first-order chi connectivity index (χ1) is 10.2. The number of amides is 1. The second-order valence-electron chi connectivity index (χ2n) is 6.37. The van der Waals surface area contributed by atoms with Crippen molar-refractivity contribution in [1.82, 2.24) is 4.90 Å². The highest BCUT2D eigenvalue weighted by molar-refractivity contribution is 5.93. The largest absolute Gasteiger partial charge is 0.327 e. The molecule has 1 amide bonds. The highest BCUT2D eigenvalue weighted by atomic mass is 16.1. The molecule has 3 rings (SSSR count). The number of nitrogens with zero attached hydrogens (tertiary/aromatic N) is 1. The van der Waals surface area contributed by atoms with Crippen molar-refractivity contribution in [2.45, 2.75) is 44.7 Å². The lowest BCUT2D eigenvalue weighted by atomic mass is 10.0. The van der Waals surface area contributed by atoms with E-state index >= 15 is 0 Å². The maximum Gasteiger partial charge on any atom is 0.229 e. The monoisotopic (exact) mass is 287 g/mol. The Hall–Kier alpha value is -1.39. The van der Waals surface area contributed by atoms with Gasteiger partial charge in [-0.25, -0.2) is 0 Å². The zero-order valence-corrected chi connectivity index (χ0v) is 12.6. The summed E-state index contributed by atoms with van der Waals surface area (Å²) in [4.78, 5) is 14.7. The Bertz CT molecular complexity index is 479. The van der Waals surface area contributed by atoms with E-state index in [-0.39, 0.29) is 17.9 Å². The van der Waals surface area contributed by atoms with Crippen molar-refractivity contribution in [3.63, 3.8) is 0 Å². The van der Waals surface area contributed by atoms with Crippen molar-refractivity contribution in [2.24, 2.45) is 11.7 Å². The lowest BCUT2D eigenvalue weighted by molar-refractivity contribution is -0.120. The van der Waals surface area contributed by atoms with Gasteiger partial charge in [-0.3, -0.25) is 9.69 Å². The van der Waals surface area contributed by atoms with Crippen molar-refractivity contribution < 1.29 is 4.79 Å². The van der Waals surface area contributed by atoms with Crippen LogP contribution in [-0.2, 0) is 11.3 Å². The number of hydrogen-bond acceptors (Lipinski definition) is 3. The van der Waals surface area contributed by atoms with Gasteiger partial charge in [0, 0.05) is 18.3 Å². The number of nitrogens with one attached hydrogen (secondary N) is 1. The molecule has 2 unspecified atom stereocenters. The van der Waals surface area contributed by atoms with Crippen LogP contribution in [-0.4, -0.2) is 29.9 Å². The first-order valence-corrected chi connectivity index (χ1v) is 8.10. The smallest absolute Gasteiger partial charge is 0.229 e. The summed E-state index contributed by atoms with van der Waals surface area (Å²) in [6.45, 7) is 3.43. The fourth-order valence-electron chi connectivity index (χ4n) is 3.44. The van der Waals surface area contributed by atoms with Gasteiger partial charge in [-0.2, -0.15) is 0 Å². The van der Waals surface area contributed by atoms with Gasteiger partial charge in [0.2, 0.25) is 5.91 Å². The highest BCUT2D eigenvalue weighted by Crippen LogP contribution is 2.25. The maximum atomic E-state index is 12.2. The Balaban J connectivity index is 1.55. The normalized spacial score (nSPS) is 26.1. The second-order valence-corrected chi connectivity index (χ2v) is 6.37. The second kappa shape index (κ2) is 6.58. The number of rotatable bonds is 4. The van der Waals surface area contributed by atoms with Gasteiger partial charge in [-0.05, 0) is 56.5 Å². The SMILES string of the molecule is NC1CCCC1C(=O)Nc1ccc(CN2CCCC2)cc1. The highest BCUT2D eigenvalue weighted by Gasteiger charge is 2.30. The summed E-state index contributed by atoms with van der Waals surface area (Å²) >= 11 is 0. The van der Waals surface area contributed by atoms with E-state index in [1.807, 2.05) is 12.1 Å². The molecule has 0 radical (unpaired) electrons. The van der Waals surface area contributed by atoms with E-state index < -0.39 is 0 Å². The summed E-state index contributed by atoms with van der Waals surface area (Å²) in [5, 5.41) is 3.00. The van der Waals surface area contributed by atoms with E-state index in [2.05, 4.69) is 22.3 Å². The molecule has 1 aromatic carbocycles. The minimum atomic E-state index is -0.0192. The summed E-state index contributed by atoms with van der Waals surface area (Å²) in [7, 11) is 0. The summed E-state index contributed by atoms with van der Waals surface area (Å²) < 4.78 is 0. The minimum Gasteiger partial charge on any atom is -0.327 e. The first-order valence-electron chi connectivity index (χ1n) is 8.10. The molecular formula is C17H25N3O. The van der Waals surface area contributed by atoms with E-state index in [0.29, 0.717) is 0 Å². The topological polar surface area (TPSA) is 58.4 Å². The zero-order chi connectivity index (χ0) is 14.7. The molecule has 0 aromatic heterocycles. The Morgan fingerprint density at radius 2 is 1.86 bits per heavy atom. The number of likely N-dealkylation sites (tertiary alicyclic amines) is 1. The Kier molecular flexibility index (Phi) is 4.56. The summed E-state index contributed by atoms with van der Waals surface area (Å²) in [6, 6.07) is 8.26. The van der Waals surface area contributed by atoms with Gasteiger partial charge in [0.05, 0.1) is 5.92 Å². The fourth-order valence-corrected chi connectivity index (χ4v) is 3.44. The Labute approximate surface area is 126 Å². The molecule has 4 heteroatoms. The summed E-state index contributed by atoms with van der Waals surface area (Å²) in [5.74, 6) is 0.0570. The third-order valence-electron chi connectivity index (χ3n) is 4.73. The van der Waals surface area contributed by atoms with Crippen molar-refractivity contribution in [2.75, 3.05) is 18.4 Å². The van der Waals surface area contributed by atoms with Crippen LogP contribution in [0.25, 0.3) is 0 Å². The Morgan fingerprint density at radius 3 is 2.48 bits per heavy atom. The molecule has 21 heavy (non-hydrogen) atoms. The molecule has 3 N–H and O–H groups in total. The molecule has 2 aliphatic rings. The lowest BCUT2D eigenvalue weighted by Gasteiger charge is -2.16. The van der Waals surface area contributed by atoms with Crippen molar-refractivity contribution in [1.29, 1.82) is 0 Å². The predicted molar refractivity (Wildman–Crippen MR) is 84.9 cm³/mol. The average molecular weight is 287 g/mol. The maximum absolute atomic E-state index is 12.2. The van der Waals surface area contributed by atoms with Crippen molar-refractivity contribution in [3.8, 4) is 0 Å². The molecule has 114 valence electrons. The molecule has 1 saturated carbocycles. The van der Waals surface area contributed by atoms with E-state index in [9.17, 15) is 4.79 Å². The third-order valence-corrected chi connectivity index (χ3v) is 4.73. The first kappa shape index (κ1) is 14.5. The number of nitrogens with two attached hydrogens (primary N) is 1. The van der Waals surface area contributed by atoms with Crippen LogP contribution in [0, 0.1) is 5.92 Å². The average Bonchev–Trinajstić information content (AvgIpc) is 3.12. The van der Waals surface area contributed by atoms with Crippen LogP contribution in [0.5, 0.6) is 0 Å². The zero-order valence-electron chi connectivity index (χ0n) is 12.6. The van der Waals surface area contributed by atoms with E-state index in [4.69, 9.17) is 5.73 Å². The van der Waals surface area contributed by atoms with Crippen molar-refractivity contribution in [3.05, 3.63) is 29.8 Å². The quantitative estimate of drug-likeness (QED) is 0.893. The number of carbonyl (C=O) groups is 1. The van der Waals surface area contributed by atoms with Crippen LogP contribution < -0.4 is 11.1 Å². The molecule has 2 fully saturated rings. The van der Waals surface area contributed by atoms with Crippen LogP contribution in [0.3, 0.4) is 0 Å². The predicted octanol–water partition coefficient (Wildman–Crippen LogP) is 2.35. The fraction of sp³-hybridized carbons (Fsp3) is 0.588. The van der Waals surface area contributed by atoms with Crippen LogP contribution >= 0.6 is 0 Å². The molecule has 0 spiro atoms. The lowest BCUT2D eigenvalue weighted by Crippen LogP contribution is -2.34. The third kappa shape index (κ3) is 3.63. The van der Waals surface area contributed by atoms with Gasteiger partial charge in [0.15, 0.2) is 0 Å². The van der Waals surface area contributed by atoms with Crippen LogP contribution in [0.1, 0.15) is 37.7 Å². The number of benzene rings is 1. The molecule has 0 bridgehead atoms. The molecule has 1 saturated heterocycles. The molecule has 1 aliphatic carbocycles. The van der Waals surface area contributed by atoms with Gasteiger partial charge in [0.1, 0.15) is 0 Å². The van der Waals surface area contributed by atoms with E-state index in [0.717, 1.165) is 31.5 Å². The van der Waals surface area contributed by atoms with Gasteiger partial charge < -0.3 is 11.1 Å². The number of anilines is 1. The molecule has 1 aromatic rings. The minimum absolute atomic E-state index is 0.0192. The van der Waals surface area contributed by atoms with Crippen LogP contribution in [0.15, 0.2) is 24.3 Å². The summed E-state index contributed by atoms with van der Waals surface area (Å²) in [5.41, 5.74) is 8.17. The number of hydrogen-bond donors (Lipinski definition) is 2. The standard InChI is InChI=1S/C17H25N3O/c18-16-5-3-4-15(16)17(21)19-14-8-6-13(7-9-14)12-20-10-1-2-11-20/h6-9,15-16H,1-5,10-12,18H2,(H,19,21). The summed E-state index contributed by atoms with van der Waals surface area (Å²) in [6.07, 6.45) is 5.58. The molecule has 4 nitrogen and oxygen atoms in total. The molecule has 1 aliphatic heterocycles. The molecular weight excluding hydrogens is 262 g/mol. The van der Waals surface area contributed by atoms with Gasteiger partial charge >= 0.3 is 0 Å². The van der Waals surface area contributed by atoms with E-state index in [1.165, 1.54) is 31.5 Å². The van der Waals surface area contributed by atoms with Crippen molar-refractivity contribution >= 4 is 11.6 Å². The van der Waals surface area contributed by atoms with Crippen LogP contribution in [0.4, 0.5) is 5.69 Å².